The van der Waals surface area contributed by atoms with Crippen LogP contribution in [0.3, 0.4) is 0 Å². The molecule has 0 aliphatic rings. The number of rotatable bonds is 5. The molecule has 0 saturated carbocycles. The molecule has 1 N–H and O–H groups in total. The fourth-order valence-electron chi connectivity index (χ4n) is 1.86. The molecule has 3 aromatic rings. The van der Waals surface area contributed by atoms with Crippen molar-refractivity contribution in [2.75, 3.05) is 0 Å². The number of carbonyl (C=O) groups excluding carboxylic acids is 1. The quantitative estimate of drug-likeness (QED) is 0.574. The van der Waals surface area contributed by atoms with E-state index in [-0.39, 0.29) is 23.3 Å². The lowest BCUT2D eigenvalue weighted by atomic mass is 10.2. The summed E-state index contributed by atoms with van der Waals surface area (Å²) in [5.74, 6) is -0.667. The summed E-state index contributed by atoms with van der Waals surface area (Å²) in [6, 6.07) is 7.85. The predicted octanol–water partition coefficient (Wildman–Crippen LogP) is 5.17. The average molecular weight is 459 g/mol. The molecule has 25 heavy (non-hydrogen) atoms. The zero-order valence-electron chi connectivity index (χ0n) is 12.5. The van der Waals surface area contributed by atoms with Gasteiger partial charge in [-0.3, -0.25) is 4.79 Å². The zero-order valence-corrected chi connectivity index (χ0v) is 16.5. The zero-order chi connectivity index (χ0) is 17.8. The van der Waals surface area contributed by atoms with Crippen molar-refractivity contribution in [3.05, 3.63) is 66.5 Å². The van der Waals surface area contributed by atoms with Crippen LogP contribution in [0.4, 0.5) is 4.39 Å². The summed E-state index contributed by atoms with van der Waals surface area (Å²) in [6.45, 7) is 0.279. The fourth-order valence-corrected chi connectivity index (χ4v) is 4.24. The van der Waals surface area contributed by atoms with E-state index in [1.54, 1.807) is 18.2 Å². The number of nitrogens with one attached hydrogen (secondary N) is 1. The monoisotopic (exact) mass is 457 g/mol. The van der Waals surface area contributed by atoms with Crippen molar-refractivity contribution in [3.63, 3.8) is 0 Å². The molecule has 0 saturated heterocycles. The fraction of sp³-hybridized carbons (Fsp3) is 0.0625. The van der Waals surface area contributed by atoms with Gasteiger partial charge in [-0.1, -0.05) is 35.1 Å². The Kier molecular flexibility index (Phi) is 5.95. The van der Waals surface area contributed by atoms with Gasteiger partial charge in [0.2, 0.25) is 5.01 Å². The topological polar surface area (TPSA) is 54.9 Å². The van der Waals surface area contributed by atoms with Gasteiger partial charge in [0, 0.05) is 21.3 Å². The number of hydrogen-bond donors (Lipinski definition) is 1. The first-order valence-electron chi connectivity index (χ1n) is 6.99. The Bertz CT molecular complexity index is 924. The van der Waals surface area contributed by atoms with Crippen LogP contribution < -0.4 is 5.32 Å². The Balaban J connectivity index is 1.64. The van der Waals surface area contributed by atoms with Gasteiger partial charge in [-0.25, -0.2) is 4.39 Å². The molecule has 4 nitrogen and oxygen atoms in total. The molecular weight excluding hydrogens is 449 g/mol. The summed E-state index contributed by atoms with van der Waals surface area (Å²) in [5, 5.41) is 13.6. The first kappa shape index (κ1) is 18.2. The number of halogens is 3. The second-order valence-electron chi connectivity index (χ2n) is 4.88. The van der Waals surface area contributed by atoms with E-state index in [0.29, 0.717) is 10.0 Å². The highest BCUT2D eigenvalue weighted by atomic mass is 79.9. The molecule has 1 aromatic carbocycles. The number of aromatic nitrogens is 2. The molecule has 0 unspecified atom stereocenters. The maximum Gasteiger partial charge on any atom is 0.282 e. The third-order valence-corrected chi connectivity index (χ3v) is 6.04. The lowest BCUT2D eigenvalue weighted by Crippen LogP contribution is -2.22. The first-order chi connectivity index (χ1) is 12.0. The molecular formula is C16H10BrClFN3OS2. The molecule has 0 atom stereocenters. The molecule has 0 radical (unpaired) electrons. The van der Waals surface area contributed by atoms with Gasteiger partial charge < -0.3 is 5.32 Å². The van der Waals surface area contributed by atoms with Crippen molar-refractivity contribution in [1.82, 2.24) is 15.5 Å². The summed E-state index contributed by atoms with van der Waals surface area (Å²) >= 11 is 12.3. The smallest absolute Gasteiger partial charge is 0.282 e. The van der Waals surface area contributed by atoms with Crippen LogP contribution in [0.25, 0.3) is 11.1 Å². The average Bonchev–Trinajstić information content (AvgIpc) is 3.23. The highest BCUT2D eigenvalue weighted by Gasteiger charge is 2.14. The maximum absolute atomic E-state index is 12.9. The van der Waals surface area contributed by atoms with Gasteiger partial charge in [-0.15, -0.1) is 21.5 Å². The lowest BCUT2D eigenvalue weighted by molar-refractivity contribution is 0.0950. The molecule has 0 bridgehead atoms. The molecule has 9 heteroatoms. The van der Waals surface area contributed by atoms with Crippen LogP contribution in [0.2, 0.25) is 0 Å². The van der Waals surface area contributed by atoms with E-state index in [0.717, 1.165) is 26.3 Å². The second kappa shape index (κ2) is 8.18. The Labute approximate surface area is 164 Å². The van der Waals surface area contributed by atoms with Crippen LogP contribution in [-0.2, 0) is 6.54 Å². The Morgan fingerprint density at radius 3 is 2.68 bits per heavy atom. The first-order valence-corrected chi connectivity index (χ1v) is 9.86. The number of nitrogens with zero attached hydrogens (tertiary/aromatic N) is 2. The minimum Gasteiger partial charge on any atom is -0.346 e. The van der Waals surface area contributed by atoms with E-state index in [1.807, 2.05) is 11.4 Å². The van der Waals surface area contributed by atoms with E-state index >= 15 is 0 Å². The highest BCUT2D eigenvalue weighted by molar-refractivity contribution is 9.10. The third-order valence-electron chi connectivity index (χ3n) is 3.05. The summed E-state index contributed by atoms with van der Waals surface area (Å²) in [5.41, 5.74) is 0.792. The van der Waals surface area contributed by atoms with E-state index in [4.69, 9.17) is 11.6 Å². The lowest BCUT2D eigenvalue weighted by Gasteiger charge is -2.02. The van der Waals surface area contributed by atoms with Gasteiger partial charge in [0.05, 0.1) is 5.03 Å². The number of amides is 1. The number of carbonyl (C=O) groups is 1. The van der Waals surface area contributed by atoms with Crippen molar-refractivity contribution >= 4 is 67.2 Å². The number of benzene rings is 1. The molecule has 128 valence electrons. The van der Waals surface area contributed by atoms with Crippen molar-refractivity contribution in [2.45, 2.75) is 6.54 Å². The molecule has 0 aliphatic carbocycles. The van der Waals surface area contributed by atoms with E-state index in [2.05, 4.69) is 31.4 Å². The molecule has 3 rings (SSSR count). The van der Waals surface area contributed by atoms with Gasteiger partial charge in [0.25, 0.3) is 5.91 Å². The van der Waals surface area contributed by atoms with Crippen molar-refractivity contribution in [1.29, 1.82) is 0 Å². The predicted molar refractivity (Wildman–Crippen MR) is 103 cm³/mol. The summed E-state index contributed by atoms with van der Waals surface area (Å²) in [7, 11) is 0. The number of hydrogen-bond acceptors (Lipinski definition) is 5. The summed E-state index contributed by atoms with van der Waals surface area (Å²) < 4.78 is 13.8. The van der Waals surface area contributed by atoms with E-state index < -0.39 is 0 Å². The SMILES string of the molecule is O=C(NCc1ccc(F)cc1)c1nnc(/C(Cl)=C/c2cc(Br)cs2)s1. The number of thiophene rings is 1. The van der Waals surface area contributed by atoms with Crippen LogP contribution in [0.5, 0.6) is 0 Å². The summed E-state index contributed by atoms with van der Waals surface area (Å²) in [4.78, 5) is 13.1. The third kappa shape index (κ3) is 4.94. The van der Waals surface area contributed by atoms with Gasteiger partial charge in [-0.05, 0) is 45.8 Å². The van der Waals surface area contributed by atoms with Gasteiger partial charge in [0.15, 0.2) is 5.01 Å². The molecule has 0 spiro atoms. The summed E-state index contributed by atoms with van der Waals surface area (Å²) in [6.07, 6.45) is 1.78. The Morgan fingerprint density at radius 1 is 1.28 bits per heavy atom. The second-order valence-corrected chi connectivity index (χ2v) is 8.12. The molecule has 0 fully saturated rings. The largest absolute Gasteiger partial charge is 0.346 e. The van der Waals surface area contributed by atoms with Crippen molar-refractivity contribution < 1.29 is 9.18 Å². The van der Waals surface area contributed by atoms with Crippen LogP contribution in [0.15, 0.2) is 40.2 Å². The van der Waals surface area contributed by atoms with Crippen LogP contribution in [0.1, 0.15) is 25.3 Å². The molecule has 0 aliphatic heterocycles. The van der Waals surface area contributed by atoms with E-state index in [1.165, 1.54) is 23.5 Å². The van der Waals surface area contributed by atoms with Crippen molar-refractivity contribution in [2.24, 2.45) is 0 Å². The van der Waals surface area contributed by atoms with Crippen LogP contribution in [0, 0.1) is 5.82 Å². The standard InChI is InChI=1S/C16H10BrClFN3OS2/c17-10-5-12(24-8-10)6-13(18)15-21-22-16(25-15)14(23)20-7-9-1-3-11(19)4-2-9/h1-6,8H,7H2,(H,20,23)/b13-6-. The minimum atomic E-state index is -0.351. The van der Waals surface area contributed by atoms with E-state index in [9.17, 15) is 9.18 Å². The Hall–Kier alpha value is -1.61. The Morgan fingerprint density at radius 2 is 2.00 bits per heavy atom. The van der Waals surface area contributed by atoms with Crippen LogP contribution in [-0.4, -0.2) is 16.1 Å². The minimum absolute atomic E-state index is 0.219. The normalized spacial score (nSPS) is 11.6. The van der Waals surface area contributed by atoms with Crippen LogP contribution >= 0.6 is 50.2 Å². The van der Waals surface area contributed by atoms with Gasteiger partial charge in [-0.2, -0.15) is 0 Å². The molecule has 2 heterocycles. The molecule has 1 amide bonds. The van der Waals surface area contributed by atoms with Gasteiger partial charge in [0.1, 0.15) is 5.82 Å². The maximum atomic E-state index is 12.9. The van der Waals surface area contributed by atoms with Crippen molar-refractivity contribution in [3.8, 4) is 0 Å². The highest BCUT2D eigenvalue weighted by Crippen LogP contribution is 2.28. The van der Waals surface area contributed by atoms with Gasteiger partial charge >= 0.3 is 0 Å². The molecule has 2 aromatic heterocycles.